The number of carbonyl (C=O) groups is 2. The van der Waals surface area contributed by atoms with Gasteiger partial charge < -0.3 is 10.6 Å². The molecule has 5 nitrogen and oxygen atoms in total. The number of anilines is 1. The number of nitrogens with one attached hydrogen (secondary N) is 2. The Labute approximate surface area is 150 Å². The minimum absolute atomic E-state index is 0.238. The van der Waals surface area contributed by atoms with Crippen molar-refractivity contribution in [2.24, 2.45) is 5.92 Å². The Balaban J connectivity index is 2.02. The van der Waals surface area contributed by atoms with Gasteiger partial charge in [0.2, 0.25) is 0 Å². The van der Waals surface area contributed by atoms with Gasteiger partial charge in [0.15, 0.2) is 0 Å². The predicted molar refractivity (Wildman–Crippen MR) is 98.1 cm³/mol. The van der Waals surface area contributed by atoms with E-state index >= 15 is 0 Å². The van der Waals surface area contributed by atoms with Gasteiger partial charge in [-0.2, -0.15) is 0 Å². The third kappa shape index (κ3) is 5.45. The van der Waals surface area contributed by atoms with Gasteiger partial charge in [0.05, 0.1) is 0 Å². The van der Waals surface area contributed by atoms with Crippen LogP contribution in [0.15, 0.2) is 47.1 Å². The number of benzene rings is 1. The Bertz CT molecular complexity index is 714. The average Bonchev–Trinajstić information content (AvgIpc) is 2.56. The Morgan fingerprint density at radius 2 is 1.83 bits per heavy atom. The molecule has 0 aliphatic carbocycles. The number of hydrogen-bond donors (Lipinski definition) is 2. The van der Waals surface area contributed by atoms with E-state index in [0.29, 0.717) is 23.7 Å². The summed E-state index contributed by atoms with van der Waals surface area (Å²) in [5.41, 5.74) is 1.31. The molecule has 1 heterocycles. The topological polar surface area (TPSA) is 71.1 Å². The Kier molecular flexibility index (Phi) is 6.49. The van der Waals surface area contributed by atoms with E-state index in [1.54, 1.807) is 18.2 Å². The van der Waals surface area contributed by atoms with Crippen LogP contribution in [0.4, 0.5) is 5.69 Å². The van der Waals surface area contributed by atoms with Crippen LogP contribution in [0.3, 0.4) is 0 Å². The Morgan fingerprint density at radius 3 is 2.50 bits per heavy atom. The summed E-state index contributed by atoms with van der Waals surface area (Å²) in [4.78, 5) is 28.4. The molecule has 1 aromatic carbocycles. The second-order valence-electron chi connectivity index (χ2n) is 5.83. The van der Waals surface area contributed by atoms with Crippen molar-refractivity contribution < 1.29 is 9.59 Å². The summed E-state index contributed by atoms with van der Waals surface area (Å²) in [6.45, 7) is 4.78. The largest absolute Gasteiger partial charge is 0.351 e. The zero-order valence-corrected chi connectivity index (χ0v) is 15.3. The monoisotopic (exact) mass is 389 g/mol. The lowest BCUT2D eigenvalue weighted by Crippen LogP contribution is -2.26. The summed E-state index contributed by atoms with van der Waals surface area (Å²) in [7, 11) is 0. The molecule has 6 heteroatoms. The van der Waals surface area contributed by atoms with Crippen molar-refractivity contribution in [2.75, 3.05) is 11.9 Å². The molecule has 1 aromatic heterocycles. The fourth-order valence-electron chi connectivity index (χ4n) is 2.00. The van der Waals surface area contributed by atoms with E-state index in [-0.39, 0.29) is 17.5 Å². The van der Waals surface area contributed by atoms with Crippen molar-refractivity contribution in [3.05, 3.63) is 58.3 Å². The average molecular weight is 390 g/mol. The zero-order valence-electron chi connectivity index (χ0n) is 13.7. The van der Waals surface area contributed by atoms with Crippen LogP contribution in [0.1, 0.15) is 41.1 Å². The fourth-order valence-corrected chi connectivity index (χ4v) is 2.26. The molecular formula is C18H20BrN3O2. The van der Waals surface area contributed by atoms with Crippen LogP contribution in [0.25, 0.3) is 0 Å². The molecule has 0 saturated carbocycles. The molecule has 0 atom stereocenters. The number of amides is 2. The molecule has 0 bridgehead atoms. The Morgan fingerprint density at radius 1 is 1.12 bits per heavy atom. The lowest BCUT2D eigenvalue weighted by Gasteiger charge is -2.08. The van der Waals surface area contributed by atoms with Crippen LogP contribution < -0.4 is 10.6 Å². The first-order valence-corrected chi connectivity index (χ1v) is 8.56. The van der Waals surface area contributed by atoms with Crippen LogP contribution in [0.2, 0.25) is 0 Å². The second kappa shape index (κ2) is 8.59. The maximum Gasteiger partial charge on any atom is 0.269 e. The van der Waals surface area contributed by atoms with E-state index in [0.717, 1.165) is 10.9 Å². The quantitative estimate of drug-likeness (QED) is 0.787. The Hall–Kier alpha value is -2.21. The minimum Gasteiger partial charge on any atom is -0.351 e. The van der Waals surface area contributed by atoms with Gasteiger partial charge in [-0.05, 0) is 48.7 Å². The summed E-state index contributed by atoms with van der Waals surface area (Å²) in [5, 5.41) is 5.60. The second-order valence-corrected chi connectivity index (χ2v) is 6.74. The maximum atomic E-state index is 12.3. The summed E-state index contributed by atoms with van der Waals surface area (Å²) in [6, 6.07) is 10.4. The molecule has 0 aliphatic rings. The van der Waals surface area contributed by atoms with Crippen LogP contribution in [-0.2, 0) is 0 Å². The van der Waals surface area contributed by atoms with Gasteiger partial charge in [0.25, 0.3) is 11.8 Å². The zero-order chi connectivity index (χ0) is 17.5. The number of pyridine rings is 1. The molecule has 24 heavy (non-hydrogen) atoms. The minimum atomic E-state index is -0.282. The van der Waals surface area contributed by atoms with Crippen molar-refractivity contribution in [2.45, 2.75) is 20.3 Å². The van der Waals surface area contributed by atoms with E-state index in [4.69, 9.17) is 0 Å². The van der Waals surface area contributed by atoms with Crippen LogP contribution in [-0.4, -0.2) is 23.3 Å². The standard InChI is InChI=1S/C18H20BrN3O2/c1-12(2)7-9-21-18(24)16-11-13(8-10-20-16)17(23)22-15-5-3-14(19)4-6-15/h3-6,8,10-12H,7,9H2,1-2H3,(H,21,24)(H,22,23). The van der Waals surface area contributed by atoms with Gasteiger partial charge >= 0.3 is 0 Å². The molecule has 126 valence electrons. The molecule has 2 N–H and O–H groups in total. The summed E-state index contributed by atoms with van der Waals surface area (Å²) < 4.78 is 0.935. The number of aromatic nitrogens is 1. The van der Waals surface area contributed by atoms with Crippen LogP contribution in [0, 0.1) is 5.92 Å². The summed E-state index contributed by atoms with van der Waals surface area (Å²) in [5.74, 6) is -0.0359. The van der Waals surface area contributed by atoms with Crippen molar-refractivity contribution >= 4 is 33.4 Å². The highest BCUT2D eigenvalue weighted by Crippen LogP contribution is 2.15. The van der Waals surface area contributed by atoms with Gasteiger partial charge in [-0.3, -0.25) is 14.6 Å². The molecule has 0 radical (unpaired) electrons. The van der Waals surface area contributed by atoms with Crippen molar-refractivity contribution in [1.29, 1.82) is 0 Å². The van der Waals surface area contributed by atoms with E-state index in [1.807, 2.05) is 12.1 Å². The number of carbonyl (C=O) groups excluding carboxylic acids is 2. The van der Waals surface area contributed by atoms with Crippen LogP contribution >= 0.6 is 15.9 Å². The van der Waals surface area contributed by atoms with E-state index in [9.17, 15) is 9.59 Å². The number of halogens is 1. The third-order valence-corrected chi connectivity index (χ3v) is 3.89. The number of rotatable bonds is 6. The summed E-state index contributed by atoms with van der Waals surface area (Å²) in [6.07, 6.45) is 2.36. The molecule has 0 fully saturated rings. The van der Waals surface area contributed by atoms with Gasteiger partial charge in [0, 0.05) is 28.5 Å². The van der Waals surface area contributed by atoms with E-state index in [2.05, 4.69) is 45.4 Å². The van der Waals surface area contributed by atoms with E-state index in [1.165, 1.54) is 12.3 Å². The third-order valence-electron chi connectivity index (χ3n) is 3.36. The molecule has 0 unspecified atom stereocenters. The normalized spacial score (nSPS) is 10.5. The summed E-state index contributed by atoms with van der Waals surface area (Å²) >= 11 is 3.35. The molecule has 2 amide bonds. The van der Waals surface area contributed by atoms with Gasteiger partial charge in [0.1, 0.15) is 5.69 Å². The first kappa shape index (κ1) is 18.1. The smallest absolute Gasteiger partial charge is 0.269 e. The molecule has 0 saturated heterocycles. The van der Waals surface area contributed by atoms with Crippen molar-refractivity contribution in [1.82, 2.24) is 10.3 Å². The van der Waals surface area contributed by atoms with Gasteiger partial charge in [-0.15, -0.1) is 0 Å². The van der Waals surface area contributed by atoms with Gasteiger partial charge in [-0.1, -0.05) is 29.8 Å². The highest BCUT2D eigenvalue weighted by molar-refractivity contribution is 9.10. The molecule has 2 aromatic rings. The lowest BCUT2D eigenvalue weighted by molar-refractivity contribution is 0.0947. The van der Waals surface area contributed by atoms with Crippen LogP contribution in [0.5, 0.6) is 0 Å². The predicted octanol–water partition coefficient (Wildman–Crippen LogP) is 3.87. The maximum absolute atomic E-state index is 12.3. The first-order chi connectivity index (χ1) is 11.5. The number of nitrogens with zero attached hydrogens (tertiary/aromatic N) is 1. The van der Waals surface area contributed by atoms with E-state index < -0.39 is 0 Å². The van der Waals surface area contributed by atoms with Crippen molar-refractivity contribution in [3.63, 3.8) is 0 Å². The molecular weight excluding hydrogens is 370 g/mol. The highest BCUT2D eigenvalue weighted by atomic mass is 79.9. The van der Waals surface area contributed by atoms with Crippen molar-refractivity contribution in [3.8, 4) is 0 Å². The SMILES string of the molecule is CC(C)CCNC(=O)c1cc(C(=O)Nc2ccc(Br)cc2)ccn1. The first-order valence-electron chi connectivity index (χ1n) is 7.77. The molecule has 0 aliphatic heterocycles. The van der Waals surface area contributed by atoms with Gasteiger partial charge in [-0.25, -0.2) is 0 Å². The number of hydrogen-bond acceptors (Lipinski definition) is 3. The lowest BCUT2D eigenvalue weighted by atomic mass is 10.1. The molecule has 2 rings (SSSR count). The molecule has 0 spiro atoms. The highest BCUT2D eigenvalue weighted by Gasteiger charge is 2.12. The fraction of sp³-hybridized carbons (Fsp3) is 0.278.